The van der Waals surface area contributed by atoms with E-state index < -0.39 is 0 Å². The van der Waals surface area contributed by atoms with E-state index in [1.165, 1.54) is 32.2 Å². The van der Waals surface area contributed by atoms with E-state index >= 15 is 0 Å². The highest BCUT2D eigenvalue weighted by molar-refractivity contribution is 4.92. The van der Waals surface area contributed by atoms with E-state index in [1.807, 2.05) is 0 Å². The smallest absolute Gasteiger partial charge is 0.0178 e. The molecule has 0 radical (unpaired) electrons. The lowest BCUT2D eigenvalue weighted by molar-refractivity contribution is 0.0564. The first-order valence-corrected chi connectivity index (χ1v) is 4.40. The molecule has 0 spiro atoms. The number of hydrogen-bond acceptors (Lipinski definition) is 1. The van der Waals surface area contributed by atoms with Crippen molar-refractivity contribution in [2.75, 3.05) is 13.6 Å². The zero-order valence-corrected chi connectivity index (χ0v) is 7.48. The molecule has 0 aromatic heterocycles. The Morgan fingerprint density at radius 2 is 2.00 bits per heavy atom. The molecule has 0 saturated heterocycles. The Kier molecular flexibility index (Phi) is 2.35. The molecule has 0 aromatic carbocycles. The Balaban J connectivity index is 2.31. The summed E-state index contributed by atoms with van der Waals surface area (Å²) in [7, 11) is 2.25. The van der Waals surface area contributed by atoms with Crippen LogP contribution in [0.15, 0.2) is 0 Å². The zero-order valence-electron chi connectivity index (χ0n) is 7.48. The standard InChI is InChI=1S/C9H19N/c1-4-8-10(3)9(2)6-5-7-9/h4-8H2,1-3H3. The minimum atomic E-state index is 0.565. The highest BCUT2D eigenvalue weighted by atomic mass is 15.2. The van der Waals surface area contributed by atoms with E-state index in [9.17, 15) is 0 Å². The first-order valence-electron chi connectivity index (χ1n) is 4.40. The Hall–Kier alpha value is -0.0400. The van der Waals surface area contributed by atoms with Gasteiger partial charge in [0.25, 0.3) is 0 Å². The molecule has 0 bridgehead atoms. The molecule has 0 N–H and O–H groups in total. The summed E-state index contributed by atoms with van der Waals surface area (Å²) in [4.78, 5) is 2.51. The van der Waals surface area contributed by atoms with Gasteiger partial charge in [-0.1, -0.05) is 6.92 Å². The normalized spacial score (nSPS) is 22.8. The lowest BCUT2D eigenvalue weighted by atomic mass is 9.77. The maximum atomic E-state index is 2.51. The zero-order chi connectivity index (χ0) is 7.61. The molecule has 0 amide bonds. The van der Waals surface area contributed by atoms with Crippen molar-refractivity contribution in [2.24, 2.45) is 0 Å². The monoisotopic (exact) mass is 141 g/mol. The van der Waals surface area contributed by atoms with Gasteiger partial charge >= 0.3 is 0 Å². The van der Waals surface area contributed by atoms with E-state index in [0.29, 0.717) is 5.54 Å². The van der Waals surface area contributed by atoms with E-state index in [1.54, 1.807) is 0 Å². The predicted octanol–water partition coefficient (Wildman–Crippen LogP) is 2.27. The van der Waals surface area contributed by atoms with Gasteiger partial charge in [0.15, 0.2) is 0 Å². The van der Waals surface area contributed by atoms with Crippen molar-refractivity contribution >= 4 is 0 Å². The number of hydrogen-bond donors (Lipinski definition) is 0. The van der Waals surface area contributed by atoms with Crippen molar-refractivity contribution in [3.8, 4) is 0 Å². The SMILES string of the molecule is CCCN(C)C1(C)CCC1. The maximum absolute atomic E-state index is 2.51. The molecule has 1 saturated carbocycles. The quantitative estimate of drug-likeness (QED) is 0.583. The van der Waals surface area contributed by atoms with Gasteiger partial charge in [-0.3, -0.25) is 0 Å². The Bertz CT molecular complexity index is 105. The summed E-state index contributed by atoms with van der Waals surface area (Å²) in [5.74, 6) is 0. The molecule has 1 nitrogen and oxygen atoms in total. The molecule has 1 aliphatic carbocycles. The van der Waals surface area contributed by atoms with Crippen molar-refractivity contribution in [3.05, 3.63) is 0 Å². The number of nitrogens with zero attached hydrogens (tertiary/aromatic N) is 1. The number of rotatable bonds is 3. The van der Waals surface area contributed by atoms with E-state index in [0.717, 1.165) is 0 Å². The van der Waals surface area contributed by atoms with Crippen LogP contribution in [0.1, 0.15) is 39.5 Å². The van der Waals surface area contributed by atoms with Crippen molar-refractivity contribution < 1.29 is 0 Å². The minimum Gasteiger partial charge on any atom is -0.301 e. The summed E-state index contributed by atoms with van der Waals surface area (Å²) in [6, 6.07) is 0. The molecule has 0 aliphatic heterocycles. The van der Waals surface area contributed by atoms with Crippen molar-refractivity contribution in [2.45, 2.75) is 45.1 Å². The molecule has 1 fully saturated rings. The molecule has 1 aliphatic rings. The van der Waals surface area contributed by atoms with Crippen molar-refractivity contribution in [1.29, 1.82) is 0 Å². The maximum Gasteiger partial charge on any atom is 0.0178 e. The van der Waals surface area contributed by atoms with Crippen LogP contribution in [0.25, 0.3) is 0 Å². The summed E-state index contributed by atoms with van der Waals surface area (Å²) >= 11 is 0. The molecule has 60 valence electrons. The third-order valence-electron chi connectivity index (χ3n) is 2.91. The summed E-state index contributed by atoms with van der Waals surface area (Å²) < 4.78 is 0. The molecule has 0 heterocycles. The van der Waals surface area contributed by atoms with Gasteiger partial charge < -0.3 is 4.90 Å². The van der Waals surface area contributed by atoms with Crippen LogP contribution in [0.3, 0.4) is 0 Å². The van der Waals surface area contributed by atoms with Gasteiger partial charge in [-0.25, -0.2) is 0 Å². The molecule has 0 atom stereocenters. The van der Waals surface area contributed by atoms with Gasteiger partial charge in [0.2, 0.25) is 0 Å². The summed E-state index contributed by atoms with van der Waals surface area (Å²) in [5.41, 5.74) is 0.565. The molecule has 0 aromatic rings. The fourth-order valence-corrected chi connectivity index (χ4v) is 1.68. The lowest BCUT2D eigenvalue weighted by Gasteiger charge is -2.46. The first kappa shape index (κ1) is 8.06. The lowest BCUT2D eigenvalue weighted by Crippen LogP contribution is -2.49. The fourth-order valence-electron chi connectivity index (χ4n) is 1.68. The topological polar surface area (TPSA) is 3.24 Å². The average molecular weight is 141 g/mol. The molecular formula is C9H19N. The second-order valence-corrected chi connectivity index (χ2v) is 3.77. The largest absolute Gasteiger partial charge is 0.301 e. The highest BCUT2D eigenvalue weighted by Gasteiger charge is 2.34. The van der Waals surface area contributed by atoms with Crippen molar-refractivity contribution in [1.82, 2.24) is 4.90 Å². The first-order chi connectivity index (χ1) is 4.69. The Morgan fingerprint density at radius 3 is 2.30 bits per heavy atom. The van der Waals surface area contributed by atoms with Crippen molar-refractivity contribution in [3.63, 3.8) is 0 Å². The molecular weight excluding hydrogens is 122 g/mol. The summed E-state index contributed by atoms with van der Waals surface area (Å²) in [5, 5.41) is 0. The van der Waals surface area contributed by atoms with E-state index in [-0.39, 0.29) is 0 Å². The molecule has 1 rings (SSSR count). The van der Waals surface area contributed by atoms with Crippen LogP contribution in [0.5, 0.6) is 0 Å². The summed E-state index contributed by atoms with van der Waals surface area (Å²) in [6.45, 7) is 5.89. The molecule has 1 heteroatoms. The Morgan fingerprint density at radius 1 is 1.40 bits per heavy atom. The van der Waals surface area contributed by atoms with E-state index in [2.05, 4.69) is 25.8 Å². The second-order valence-electron chi connectivity index (χ2n) is 3.77. The third-order valence-corrected chi connectivity index (χ3v) is 2.91. The highest BCUT2D eigenvalue weighted by Crippen LogP contribution is 2.35. The minimum absolute atomic E-state index is 0.565. The van der Waals surface area contributed by atoms with E-state index in [4.69, 9.17) is 0 Å². The van der Waals surface area contributed by atoms with Gasteiger partial charge in [0.05, 0.1) is 0 Å². The van der Waals surface area contributed by atoms with Gasteiger partial charge in [0.1, 0.15) is 0 Å². The Labute approximate surface area is 64.4 Å². The van der Waals surface area contributed by atoms with Crippen LogP contribution in [0, 0.1) is 0 Å². The average Bonchev–Trinajstić information content (AvgIpc) is 1.83. The van der Waals surface area contributed by atoms with Gasteiger partial charge in [-0.2, -0.15) is 0 Å². The third kappa shape index (κ3) is 1.34. The second kappa shape index (κ2) is 2.91. The fraction of sp³-hybridized carbons (Fsp3) is 1.00. The van der Waals surface area contributed by atoms with Gasteiger partial charge in [-0.05, 0) is 46.2 Å². The summed E-state index contributed by atoms with van der Waals surface area (Å²) in [6.07, 6.45) is 5.53. The molecule has 10 heavy (non-hydrogen) atoms. The van der Waals surface area contributed by atoms with Crippen LogP contribution in [-0.4, -0.2) is 24.0 Å². The van der Waals surface area contributed by atoms with Crippen LogP contribution >= 0.6 is 0 Å². The van der Waals surface area contributed by atoms with Crippen LogP contribution in [0.2, 0.25) is 0 Å². The molecule has 0 unspecified atom stereocenters. The van der Waals surface area contributed by atoms with Crippen LogP contribution in [-0.2, 0) is 0 Å². The van der Waals surface area contributed by atoms with Crippen LogP contribution in [0.4, 0.5) is 0 Å². The van der Waals surface area contributed by atoms with Crippen LogP contribution < -0.4 is 0 Å². The predicted molar refractivity (Wildman–Crippen MR) is 45.2 cm³/mol. The van der Waals surface area contributed by atoms with Gasteiger partial charge in [-0.15, -0.1) is 0 Å². The van der Waals surface area contributed by atoms with Gasteiger partial charge in [0, 0.05) is 5.54 Å².